The van der Waals surface area contributed by atoms with Gasteiger partial charge in [-0.25, -0.2) is 4.98 Å². The Labute approximate surface area is 125 Å². The number of nitrogens with zero attached hydrogens (tertiary/aromatic N) is 2. The van der Waals surface area contributed by atoms with Gasteiger partial charge in [0.2, 0.25) is 0 Å². The minimum absolute atomic E-state index is 0.589. The molecule has 0 saturated carbocycles. The van der Waals surface area contributed by atoms with Gasteiger partial charge in [-0.15, -0.1) is 0 Å². The number of hydrogen-bond acceptors (Lipinski definition) is 1. The van der Waals surface area contributed by atoms with Gasteiger partial charge in [-0.1, -0.05) is 62.4 Å². The zero-order valence-corrected chi connectivity index (χ0v) is 12.5. The fourth-order valence-electron chi connectivity index (χ4n) is 2.51. The van der Waals surface area contributed by atoms with Crippen molar-refractivity contribution in [3.05, 3.63) is 66.0 Å². The molecule has 0 aliphatic rings. The van der Waals surface area contributed by atoms with Crippen LogP contribution in [0.2, 0.25) is 0 Å². The molecule has 3 rings (SSSR count). The summed E-state index contributed by atoms with van der Waals surface area (Å²) in [5.74, 6) is 1.61. The topological polar surface area (TPSA) is 17.8 Å². The summed E-state index contributed by atoms with van der Waals surface area (Å²) in [5.41, 5.74) is 3.46. The molecule has 21 heavy (non-hydrogen) atoms. The normalized spacial score (nSPS) is 11.8. The minimum Gasteiger partial charge on any atom is -0.324 e. The Morgan fingerprint density at radius 1 is 0.952 bits per heavy atom. The van der Waals surface area contributed by atoms with Crippen molar-refractivity contribution in [3.63, 3.8) is 0 Å². The van der Waals surface area contributed by atoms with Crippen LogP contribution >= 0.6 is 0 Å². The maximum atomic E-state index is 4.76. The second-order valence-corrected chi connectivity index (χ2v) is 5.71. The molecule has 0 saturated heterocycles. The van der Waals surface area contributed by atoms with Crippen molar-refractivity contribution in [2.45, 2.75) is 20.4 Å². The molecule has 106 valence electrons. The standard InChI is InChI=1S/C19H20N2/c1-15(2)14-21-18-11-7-6-10-17(18)20-19(21)13-12-16-8-4-3-5-9-16/h3-13,15H,14H2,1-2H3/b13-12+. The molecular formula is C19H20N2. The SMILES string of the molecule is CC(C)Cn1c(/C=C/c2ccccc2)nc2ccccc21. The first-order valence-corrected chi connectivity index (χ1v) is 7.42. The first kappa shape index (κ1) is 13.6. The maximum Gasteiger partial charge on any atom is 0.133 e. The van der Waals surface area contributed by atoms with E-state index in [9.17, 15) is 0 Å². The van der Waals surface area contributed by atoms with Gasteiger partial charge in [0.05, 0.1) is 11.0 Å². The molecule has 0 N–H and O–H groups in total. The van der Waals surface area contributed by atoms with E-state index in [4.69, 9.17) is 4.98 Å². The Morgan fingerprint density at radius 3 is 2.43 bits per heavy atom. The van der Waals surface area contributed by atoms with Crippen molar-refractivity contribution in [1.82, 2.24) is 9.55 Å². The Morgan fingerprint density at radius 2 is 1.67 bits per heavy atom. The molecule has 0 aliphatic heterocycles. The van der Waals surface area contributed by atoms with Gasteiger partial charge in [-0.2, -0.15) is 0 Å². The summed E-state index contributed by atoms with van der Waals surface area (Å²) in [4.78, 5) is 4.76. The van der Waals surface area contributed by atoms with E-state index in [-0.39, 0.29) is 0 Å². The van der Waals surface area contributed by atoms with Crippen LogP contribution in [0.4, 0.5) is 0 Å². The van der Waals surface area contributed by atoms with Gasteiger partial charge in [0.25, 0.3) is 0 Å². The first-order chi connectivity index (χ1) is 10.2. The molecule has 0 bridgehead atoms. The Balaban J connectivity index is 2.02. The van der Waals surface area contributed by atoms with Gasteiger partial charge in [0.1, 0.15) is 5.82 Å². The van der Waals surface area contributed by atoms with Crippen molar-refractivity contribution in [2.24, 2.45) is 5.92 Å². The van der Waals surface area contributed by atoms with Crippen molar-refractivity contribution in [2.75, 3.05) is 0 Å². The number of para-hydroxylation sites is 2. The number of fused-ring (bicyclic) bond motifs is 1. The third-order valence-corrected chi connectivity index (χ3v) is 3.46. The zero-order valence-electron chi connectivity index (χ0n) is 12.5. The lowest BCUT2D eigenvalue weighted by Gasteiger charge is -2.09. The molecule has 0 atom stereocenters. The van der Waals surface area contributed by atoms with Gasteiger partial charge < -0.3 is 4.57 Å². The quantitative estimate of drug-likeness (QED) is 0.665. The van der Waals surface area contributed by atoms with E-state index >= 15 is 0 Å². The fourth-order valence-corrected chi connectivity index (χ4v) is 2.51. The molecule has 2 heteroatoms. The lowest BCUT2D eigenvalue weighted by Crippen LogP contribution is -2.06. The highest BCUT2D eigenvalue weighted by molar-refractivity contribution is 5.79. The van der Waals surface area contributed by atoms with Gasteiger partial charge in [0, 0.05) is 6.54 Å². The van der Waals surface area contributed by atoms with Crippen LogP contribution in [0.5, 0.6) is 0 Å². The number of benzene rings is 2. The van der Waals surface area contributed by atoms with Crippen LogP contribution in [0.3, 0.4) is 0 Å². The lowest BCUT2D eigenvalue weighted by molar-refractivity contribution is 0.530. The predicted octanol–water partition coefficient (Wildman–Crippen LogP) is 4.86. The minimum atomic E-state index is 0.589. The van der Waals surface area contributed by atoms with Crippen LogP contribution in [0.15, 0.2) is 54.6 Å². The summed E-state index contributed by atoms with van der Waals surface area (Å²) in [7, 11) is 0. The molecule has 2 aromatic carbocycles. The fraction of sp³-hybridized carbons (Fsp3) is 0.211. The van der Waals surface area contributed by atoms with Crippen molar-refractivity contribution in [1.29, 1.82) is 0 Å². The van der Waals surface area contributed by atoms with Crippen LogP contribution in [-0.4, -0.2) is 9.55 Å². The zero-order chi connectivity index (χ0) is 14.7. The van der Waals surface area contributed by atoms with Crippen LogP contribution in [-0.2, 0) is 6.54 Å². The van der Waals surface area contributed by atoms with Gasteiger partial charge in [-0.05, 0) is 29.7 Å². The van der Waals surface area contributed by atoms with E-state index in [2.05, 4.69) is 73.0 Å². The van der Waals surface area contributed by atoms with E-state index in [1.165, 1.54) is 11.1 Å². The highest BCUT2D eigenvalue weighted by Gasteiger charge is 2.09. The Kier molecular flexibility index (Phi) is 3.87. The largest absolute Gasteiger partial charge is 0.324 e. The molecule has 0 unspecified atom stereocenters. The maximum absolute atomic E-state index is 4.76. The highest BCUT2D eigenvalue weighted by atomic mass is 15.1. The van der Waals surface area contributed by atoms with Gasteiger partial charge in [-0.3, -0.25) is 0 Å². The molecular weight excluding hydrogens is 256 g/mol. The molecule has 1 aromatic heterocycles. The Hall–Kier alpha value is -2.35. The predicted molar refractivity (Wildman–Crippen MR) is 89.9 cm³/mol. The molecule has 1 heterocycles. The van der Waals surface area contributed by atoms with Gasteiger partial charge in [0.15, 0.2) is 0 Å². The average molecular weight is 276 g/mol. The first-order valence-electron chi connectivity index (χ1n) is 7.42. The molecule has 0 spiro atoms. The Bertz CT molecular complexity index is 752. The van der Waals surface area contributed by atoms with Gasteiger partial charge >= 0.3 is 0 Å². The van der Waals surface area contributed by atoms with E-state index in [0.29, 0.717) is 5.92 Å². The molecule has 0 fully saturated rings. The van der Waals surface area contributed by atoms with Crippen LogP contribution < -0.4 is 0 Å². The third-order valence-electron chi connectivity index (χ3n) is 3.46. The second kappa shape index (κ2) is 5.96. The van der Waals surface area contributed by atoms with E-state index in [1.807, 2.05) is 12.1 Å². The van der Waals surface area contributed by atoms with E-state index < -0.39 is 0 Å². The van der Waals surface area contributed by atoms with E-state index in [0.717, 1.165) is 17.9 Å². The summed E-state index contributed by atoms with van der Waals surface area (Å²) in [6.07, 6.45) is 4.23. The summed E-state index contributed by atoms with van der Waals surface area (Å²) in [6, 6.07) is 18.7. The highest BCUT2D eigenvalue weighted by Crippen LogP contribution is 2.19. The van der Waals surface area contributed by atoms with E-state index in [1.54, 1.807) is 0 Å². The van der Waals surface area contributed by atoms with Crippen LogP contribution in [0, 0.1) is 5.92 Å². The molecule has 0 amide bonds. The lowest BCUT2D eigenvalue weighted by atomic mass is 10.2. The molecule has 3 aromatic rings. The smallest absolute Gasteiger partial charge is 0.133 e. The summed E-state index contributed by atoms with van der Waals surface area (Å²) in [5, 5.41) is 0. The van der Waals surface area contributed by atoms with Crippen molar-refractivity contribution < 1.29 is 0 Å². The second-order valence-electron chi connectivity index (χ2n) is 5.71. The summed E-state index contributed by atoms with van der Waals surface area (Å²) in [6.45, 7) is 5.45. The van der Waals surface area contributed by atoms with Crippen LogP contribution in [0.25, 0.3) is 23.2 Å². The number of imidazole rings is 1. The number of aromatic nitrogens is 2. The van der Waals surface area contributed by atoms with Crippen molar-refractivity contribution in [3.8, 4) is 0 Å². The molecule has 0 aliphatic carbocycles. The van der Waals surface area contributed by atoms with Crippen molar-refractivity contribution >= 4 is 23.2 Å². The third kappa shape index (κ3) is 3.05. The van der Waals surface area contributed by atoms with Crippen LogP contribution in [0.1, 0.15) is 25.2 Å². The number of hydrogen-bond donors (Lipinski definition) is 0. The average Bonchev–Trinajstić information content (AvgIpc) is 2.84. The monoisotopic (exact) mass is 276 g/mol. The molecule has 2 nitrogen and oxygen atoms in total. The summed E-state index contributed by atoms with van der Waals surface area (Å²) < 4.78 is 2.30. The summed E-state index contributed by atoms with van der Waals surface area (Å²) >= 11 is 0. The number of rotatable bonds is 4. The molecule has 0 radical (unpaired) electrons.